The summed E-state index contributed by atoms with van der Waals surface area (Å²) in [6.45, 7) is 1.63. The summed E-state index contributed by atoms with van der Waals surface area (Å²) in [5.74, 6) is 0. The lowest BCUT2D eigenvalue weighted by Gasteiger charge is -2.11. The molecule has 0 aliphatic heterocycles. The van der Waals surface area contributed by atoms with Crippen LogP contribution in [0.5, 0.6) is 0 Å². The summed E-state index contributed by atoms with van der Waals surface area (Å²) in [6.07, 6.45) is -0.139. The largest absolute Gasteiger partial charge is 0.464 e. The number of allylic oxidation sites excluding steroid dienone is 4. The van der Waals surface area contributed by atoms with Crippen LogP contribution in [0.3, 0.4) is 0 Å². The van der Waals surface area contributed by atoms with Crippen LogP contribution in [0.25, 0.3) is 21.7 Å². The minimum Gasteiger partial charge on any atom is -0.464 e. The van der Waals surface area contributed by atoms with Crippen molar-refractivity contribution in [2.24, 2.45) is 0 Å². The molecule has 0 amide bonds. The molecule has 0 unspecified atom stereocenters. The summed E-state index contributed by atoms with van der Waals surface area (Å²) in [4.78, 5) is 12.8. The molecular formula is C20H15F3O2. The van der Waals surface area contributed by atoms with Gasteiger partial charge in [0.1, 0.15) is 5.58 Å². The van der Waals surface area contributed by atoms with Crippen molar-refractivity contribution in [2.75, 3.05) is 0 Å². The maximum absolute atomic E-state index is 13.2. The highest BCUT2D eigenvalue weighted by Crippen LogP contribution is 2.29. The predicted molar refractivity (Wildman–Crippen MR) is 92.6 cm³/mol. The van der Waals surface area contributed by atoms with Gasteiger partial charge in [-0.2, -0.15) is 13.2 Å². The van der Waals surface area contributed by atoms with Crippen molar-refractivity contribution in [3.05, 3.63) is 82.2 Å². The molecule has 2 nitrogen and oxygen atoms in total. The van der Waals surface area contributed by atoms with E-state index in [1.54, 1.807) is 25.1 Å². The minimum atomic E-state index is -4.51. The van der Waals surface area contributed by atoms with E-state index in [1.807, 2.05) is 18.2 Å². The van der Waals surface area contributed by atoms with Crippen molar-refractivity contribution in [1.82, 2.24) is 0 Å². The van der Waals surface area contributed by atoms with Gasteiger partial charge in [-0.05, 0) is 23.8 Å². The van der Waals surface area contributed by atoms with Crippen LogP contribution in [0, 0.1) is 0 Å². The Morgan fingerprint density at radius 1 is 1.16 bits per heavy atom. The normalized spacial score (nSPS) is 13.2. The maximum Gasteiger partial charge on any atom is 0.413 e. The number of halogens is 3. The summed E-state index contributed by atoms with van der Waals surface area (Å²) >= 11 is 0. The first-order valence-corrected chi connectivity index (χ1v) is 7.73. The van der Waals surface area contributed by atoms with Crippen molar-refractivity contribution in [2.45, 2.75) is 19.5 Å². The lowest BCUT2D eigenvalue weighted by molar-refractivity contribution is -0.0931. The summed E-state index contributed by atoms with van der Waals surface area (Å²) in [7, 11) is 0. The van der Waals surface area contributed by atoms with E-state index in [0.29, 0.717) is 16.4 Å². The standard InChI is InChI=1S/C20H15F3O2/c1-2-3-7-15(20(21,22)23)11-14-12-25-17-10-9-13-6-4-5-8-16(13)18(17)19(14)24/h2-10,12H,11H2,1H3/b3-2-,15-7+. The second-order valence-corrected chi connectivity index (χ2v) is 5.64. The molecule has 5 heteroatoms. The Hall–Kier alpha value is -2.82. The molecule has 3 rings (SSSR count). The van der Waals surface area contributed by atoms with Gasteiger partial charge >= 0.3 is 6.18 Å². The summed E-state index contributed by atoms with van der Waals surface area (Å²) in [5.41, 5.74) is -0.887. The number of hydrogen-bond acceptors (Lipinski definition) is 2. The van der Waals surface area contributed by atoms with Crippen LogP contribution >= 0.6 is 0 Å². The molecule has 0 fully saturated rings. The molecule has 0 saturated carbocycles. The van der Waals surface area contributed by atoms with Gasteiger partial charge in [-0.25, -0.2) is 0 Å². The van der Waals surface area contributed by atoms with E-state index >= 15 is 0 Å². The Balaban J connectivity index is 2.19. The van der Waals surface area contributed by atoms with Crippen molar-refractivity contribution >= 4 is 21.7 Å². The van der Waals surface area contributed by atoms with Crippen molar-refractivity contribution < 1.29 is 17.6 Å². The number of fused-ring (bicyclic) bond motifs is 3. The molecule has 1 aromatic heterocycles. The first-order chi connectivity index (χ1) is 11.9. The van der Waals surface area contributed by atoms with Gasteiger partial charge in [-0.3, -0.25) is 4.79 Å². The van der Waals surface area contributed by atoms with Gasteiger partial charge in [-0.1, -0.05) is 48.6 Å². The smallest absolute Gasteiger partial charge is 0.413 e. The van der Waals surface area contributed by atoms with Gasteiger partial charge in [-0.15, -0.1) is 0 Å². The first kappa shape index (κ1) is 17.0. The third kappa shape index (κ3) is 3.36. The molecule has 0 atom stereocenters. The Morgan fingerprint density at radius 2 is 1.92 bits per heavy atom. The molecule has 25 heavy (non-hydrogen) atoms. The van der Waals surface area contributed by atoms with Crippen molar-refractivity contribution in [3.63, 3.8) is 0 Å². The minimum absolute atomic E-state index is 0.0167. The van der Waals surface area contributed by atoms with Gasteiger partial charge in [0.15, 0.2) is 5.43 Å². The molecule has 0 saturated heterocycles. The van der Waals surface area contributed by atoms with Crippen LogP contribution in [0.15, 0.2) is 75.7 Å². The van der Waals surface area contributed by atoms with Crippen molar-refractivity contribution in [3.8, 4) is 0 Å². The molecule has 0 spiro atoms. The second-order valence-electron chi connectivity index (χ2n) is 5.64. The first-order valence-electron chi connectivity index (χ1n) is 7.73. The Labute approximate surface area is 141 Å². The zero-order chi connectivity index (χ0) is 18.0. The van der Waals surface area contributed by atoms with Crippen LogP contribution in [0.1, 0.15) is 12.5 Å². The van der Waals surface area contributed by atoms with E-state index in [-0.39, 0.29) is 5.56 Å². The van der Waals surface area contributed by atoms with Crippen molar-refractivity contribution in [1.29, 1.82) is 0 Å². The molecule has 0 bridgehead atoms. The topological polar surface area (TPSA) is 30.2 Å². The lowest BCUT2D eigenvalue weighted by atomic mass is 10.0. The second kappa shape index (κ2) is 6.59. The zero-order valence-electron chi connectivity index (χ0n) is 13.4. The molecule has 1 heterocycles. The molecule has 0 radical (unpaired) electrons. The summed E-state index contributed by atoms with van der Waals surface area (Å²) in [6, 6.07) is 10.7. The highest BCUT2D eigenvalue weighted by molar-refractivity contribution is 6.05. The number of alkyl halides is 3. The highest BCUT2D eigenvalue weighted by atomic mass is 19.4. The zero-order valence-corrected chi connectivity index (χ0v) is 13.4. The van der Waals surface area contributed by atoms with Gasteiger partial charge in [0.05, 0.1) is 11.6 Å². The predicted octanol–water partition coefficient (Wildman–Crippen LogP) is 5.55. The number of benzene rings is 2. The van der Waals surface area contributed by atoms with Gasteiger partial charge in [0.2, 0.25) is 0 Å². The Morgan fingerprint density at radius 3 is 2.64 bits per heavy atom. The van der Waals surface area contributed by atoms with E-state index in [1.165, 1.54) is 12.2 Å². The van der Waals surface area contributed by atoms with Crippen LogP contribution in [-0.2, 0) is 6.42 Å². The molecule has 0 aliphatic carbocycles. The van der Waals surface area contributed by atoms with Gasteiger partial charge in [0, 0.05) is 17.6 Å². The third-order valence-electron chi connectivity index (χ3n) is 3.97. The van der Waals surface area contributed by atoms with Gasteiger partial charge in [0.25, 0.3) is 0 Å². The van der Waals surface area contributed by atoms with E-state index in [2.05, 4.69) is 0 Å². The third-order valence-corrected chi connectivity index (χ3v) is 3.97. The maximum atomic E-state index is 13.2. The number of hydrogen-bond donors (Lipinski definition) is 0. The highest BCUT2D eigenvalue weighted by Gasteiger charge is 2.33. The molecular weight excluding hydrogens is 329 g/mol. The Bertz CT molecular complexity index is 1040. The fraction of sp³-hybridized carbons (Fsp3) is 0.150. The average Bonchev–Trinajstić information content (AvgIpc) is 2.59. The molecule has 0 aliphatic rings. The molecule has 0 N–H and O–H groups in total. The van der Waals surface area contributed by atoms with E-state index in [0.717, 1.165) is 17.7 Å². The fourth-order valence-corrected chi connectivity index (χ4v) is 2.73. The van der Waals surface area contributed by atoms with E-state index in [4.69, 9.17) is 4.42 Å². The van der Waals surface area contributed by atoms with E-state index < -0.39 is 23.6 Å². The SMILES string of the molecule is C/C=C\C=C(/Cc1coc2ccc3ccccc3c2c1=O)C(F)(F)F. The van der Waals surface area contributed by atoms with Crippen LogP contribution in [-0.4, -0.2) is 6.18 Å². The van der Waals surface area contributed by atoms with Gasteiger partial charge < -0.3 is 4.42 Å². The lowest BCUT2D eigenvalue weighted by Crippen LogP contribution is -2.18. The van der Waals surface area contributed by atoms with Crippen LogP contribution in [0.4, 0.5) is 13.2 Å². The molecule has 2 aromatic carbocycles. The summed E-state index contributed by atoms with van der Waals surface area (Å²) in [5, 5.41) is 1.81. The van der Waals surface area contributed by atoms with Crippen LogP contribution in [0.2, 0.25) is 0 Å². The monoisotopic (exact) mass is 344 g/mol. The Kier molecular flexibility index (Phi) is 4.49. The molecule has 128 valence electrons. The molecule has 3 aromatic rings. The average molecular weight is 344 g/mol. The van der Waals surface area contributed by atoms with Crippen LogP contribution < -0.4 is 5.43 Å². The summed E-state index contributed by atoms with van der Waals surface area (Å²) < 4.78 is 45.0. The number of rotatable bonds is 3. The van der Waals surface area contributed by atoms with E-state index in [9.17, 15) is 18.0 Å². The quantitative estimate of drug-likeness (QED) is 0.460. The fourth-order valence-electron chi connectivity index (χ4n) is 2.73.